The van der Waals surface area contributed by atoms with Crippen molar-refractivity contribution in [1.29, 1.82) is 0 Å². The quantitative estimate of drug-likeness (QED) is 0.496. The molecule has 1 atom stereocenters. The van der Waals surface area contributed by atoms with Gasteiger partial charge < -0.3 is 24.3 Å². The molecule has 0 fully saturated rings. The maximum absolute atomic E-state index is 13.1. The van der Waals surface area contributed by atoms with E-state index in [9.17, 15) is 14.4 Å². The van der Waals surface area contributed by atoms with E-state index >= 15 is 0 Å². The first-order chi connectivity index (χ1) is 16.6. The van der Waals surface area contributed by atoms with Crippen LogP contribution in [0.2, 0.25) is 0 Å². The number of fused-ring (bicyclic) bond motifs is 3. The van der Waals surface area contributed by atoms with E-state index in [1.807, 2.05) is 51.1 Å². The molecule has 2 aromatic carbocycles. The summed E-state index contributed by atoms with van der Waals surface area (Å²) in [4.78, 5) is 36.4. The molecular weight excluding hydrogens is 450 g/mol. The van der Waals surface area contributed by atoms with Gasteiger partial charge in [-0.1, -0.05) is 30.3 Å². The van der Waals surface area contributed by atoms with Crippen LogP contribution in [0.1, 0.15) is 49.4 Å². The summed E-state index contributed by atoms with van der Waals surface area (Å²) >= 11 is 0. The summed E-state index contributed by atoms with van der Waals surface area (Å²) in [5.74, 6) is -0.838. The van der Waals surface area contributed by atoms with Gasteiger partial charge in [0.15, 0.2) is 6.61 Å². The first-order valence-electron chi connectivity index (χ1n) is 11.6. The lowest BCUT2D eigenvalue weighted by Gasteiger charge is -2.33. The van der Waals surface area contributed by atoms with Gasteiger partial charge in [0.1, 0.15) is 28.7 Å². The third-order valence-electron chi connectivity index (χ3n) is 6.27. The summed E-state index contributed by atoms with van der Waals surface area (Å²) in [5.41, 5.74) is 2.55. The second kappa shape index (κ2) is 9.44. The highest BCUT2D eigenvalue weighted by atomic mass is 16.5. The van der Waals surface area contributed by atoms with Gasteiger partial charge in [-0.2, -0.15) is 0 Å². The van der Waals surface area contributed by atoms with Gasteiger partial charge in [0.05, 0.1) is 5.39 Å². The Bertz CT molecular complexity index is 1340. The van der Waals surface area contributed by atoms with Crippen LogP contribution in [0.5, 0.6) is 11.5 Å². The summed E-state index contributed by atoms with van der Waals surface area (Å²) in [7, 11) is 0. The van der Waals surface area contributed by atoms with Crippen molar-refractivity contribution in [1.82, 2.24) is 5.32 Å². The van der Waals surface area contributed by atoms with Crippen molar-refractivity contribution in [3.8, 4) is 11.5 Å². The fourth-order valence-corrected chi connectivity index (χ4v) is 4.29. The van der Waals surface area contributed by atoms with Crippen molar-refractivity contribution in [2.75, 3.05) is 6.61 Å². The van der Waals surface area contributed by atoms with Crippen molar-refractivity contribution in [2.45, 2.75) is 58.6 Å². The van der Waals surface area contributed by atoms with E-state index in [4.69, 9.17) is 19.0 Å². The number of aliphatic carboxylic acids is 1. The van der Waals surface area contributed by atoms with Crippen LogP contribution in [0.3, 0.4) is 0 Å². The molecule has 0 bridgehead atoms. The SMILES string of the molecule is Cc1c(Cc2ccccc2)c(=O)oc2c3c(cc(OCC(=O)NC(C)C(=O)O)c12)OC(C)(C)CC3. The molecule has 0 aliphatic carbocycles. The molecule has 1 aliphatic heterocycles. The predicted octanol–water partition coefficient (Wildman–Crippen LogP) is 3.76. The monoisotopic (exact) mass is 479 g/mol. The zero-order valence-electron chi connectivity index (χ0n) is 20.3. The summed E-state index contributed by atoms with van der Waals surface area (Å²) < 4.78 is 17.9. The minimum Gasteiger partial charge on any atom is -0.487 e. The molecule has 1 aromatic heterocycles. The van der Waals surface area contributed by atoms with Crippen molar-refractivity contribution in [3.63, 3.8) is 0 Å². The van der Waals surface area contributed by atoms with E-state index in [1.54, 1.807) is 6.07 Å². The molecule has 0 saturated heterocycles. The van der Waals surface area contributed by atoms with Gasteiger partial charge >= 0.3 is 11.6 Å². The van der Waals surface area contributed by atoms with Gasteiger partial charge in [-0.3, -0.25) is 9.59 Å². The van der Waals surface area contributed by atoms with Crippen molar-refractivity contribution in [3.05, 3.63) is 69.1 Å². The van der Waals surface area contributed by atoms with Crippen LogP contribution in [-0.2, 0) is 22.4 Å². The van der Waals surface area contributed by atoms with Crippen molar-refractivity contribution >= 4 is 22.8 Å². The van der Waals surface area contributed by atoms with E-state index in [1.165, 1.54) is 6.92 Å². The number of benzene rings is 2. The minimum atomic E-state index is -1.14. The number of carboxylic acids is 1. The molecule has 1 aliphatic rings. The number of hydrogen-bond acceptors (Lipinski definition) is 6. The van der Waals surface area contributed by atoms with Crippen LogP contribution in [0.15, 0.2) is 45.6 Å². The Labute approximate surface area is 202 Å². The normalized spacial score (nSPS) is 15.1. The van der Waals surface area contributed by atoms with E-state index in [0.29, 0.717) is 46.4 Å². The molecule has 0 radical (unpaired) electrons. The number of ether oxygens (including phenoxy) is 2. The molecule has 8 nitrogen and oxygen atoms in total. The highest BCUT2D eigenvalue weighted by Crippen LogP contribution is 2.43. The number of aryl methyl sites for hydroxylation is 2. The largest absolute Gasteiger partial charge is 0.487 e. The Morgan fingerprint density at radius 2 is 1.94 bits per heavy atom. The average molecular weight is 480 g/mol. The third-order valence-corrected chi connectivity index (χ3v) is 6.27. The molecule has 2 heterocycles. The first kappa shape index (κ1) is 24.3. The Hall–Kier alpha value is -3.81. The summed E-state index contributed by atoms with van der Waals surface area (Å²) in [6.45, 7) is 6.77. The Morgan fingerprint density at radius 1 is 1.23 bits per heavy atom. The molecule has 3 aromatic rings. The van der Waals surface area contributed by atoms with E-state index in [2.05, 4.69) is 5.32 Å². The fourth-order valence-electron chi connectivity index (χ4n) is 4.29. The maximum Gasteiger partial charge on any atom is 0.340 e. The van der Waals surface area contributed by atoms with Crippen LogP contribution < -0.4 is 20.4 Å². The predicted molar refractivity (Wildman–Crippen MR) is 130 cm³/mol. The van der Waals surface area contributed by atoms with Gasteiger partial charge in [0, 0.05) is 23.6 Å². The molecule has 0 saturated carbocycles. The van der Waals surface area contributed by atoms with Crippen LogP contribution in [-0.4, -0.2) is 35.2 Å². The number of carbonyl (C=O) groups excluding carboxylic acids is 1. The number of amides is 1. The van der Waals surface area contributed by atoms with Crippen molar-refractivity contribution < 1.29 is 28.6 Å². The molecular formula is C27H29NO7. The highest BCUT2D eigenvalue weighted by molar-refractivity contribution is 5.92. The molecule has 0 spiro atoms. The second-order valence-electron chi connectivity index (χ2n) is 9.49. The fraction of sp³-hybridized carbons (Fsp3) is 0.370. The number of hydrogen-bond donors (Lipinski definition) is 2. The molecule has 184 valence electrons. The number of carbonyl (C=O) groups is 2. The average Bonchev–Trinajstić information content (AvgIpc) is 2.79. The van der Waals surface area contributed by atoms with Gasteiger partial charge in [0.25, 0.3) is 5.91 Å². The number of nitrogens with one attached hydrogen (secondary N) is 1. The summed E-state index contributed by atoms with van der Waals surface area (Å²) in [6.07, 6.45) is 1.80. The Kier molecular flexibility index (Phi) is 6.56. The Morgan fingerprint density at radius 3 is 2.63 bits per heavy atom. The minimum absolute atomic E-state index is 0.338. The standard InChI is InChI=1S/C27H29NO7/c1-15-19(12-17-8-6-5-7-9-17)26(32)34-24-18-10-11-27(3,4)35-20(18)13-21(23(15)24)33-14-22(29)28-16(2)25(30)31/h5-9,13,16H,10-12,14H2,1-4H3,(H,28,29)(H,30,31). The van der Waals surface area contributed by atoms with Crippen LogP contribution in [0.25, 0.3) is 11.0 Å². The second-order valence-corrected chi connectivity index (χ2v) is 9.49. The van der Waals surface area contributed by atoms with Gasteiger partial charge in [-0.05, 0) is 51.7 Å². The lowest BCUT2D eigenvalue weighted by Crippen LogP contribution is -2.40. The van der Waals surface area contributed by atoms with Crippen LogP contribution in [0, 0.1) is 6.92 Å². The van der Waals surface area contributed by atoms with Gasteiger partial charge in [-0.15, -0.1) is 0 Å². The third kappa shape index (κ3) is 5.16. The maximum atomic E-state index is 13.1. The molecule has 8 heteroatoms. The van der Waals surface area contributed by atoms with E-state index in [0.717, 1.165) is 17.5 Å². The molecule has 35 heavy (non-hydrogen) atoms. The zero-order valence-corrected chi connectivity index (χ0v) is 20.3. The smallest absolute Gasteiger partial charge is 0.340 e. The highest BCUT2D eigenvalue weighted by Gasteiger charge is 2.31. The molecule has 4 rings (SSSR count). The lowest BCUT2D eigenvalue weighted by molar-refractivity contribution is -0.141. The summed E-state index contributed by atoms with van der Waals surface area (Å²) in [5, 5.41) is 12.0. The number of carboxylic acid groups (broad SMARTS) is 1. The van der Waals surface area contributed by atoms with Crippen LogP contribution >= 0.6 is 0 Å². The Balaban J connectivity index is 1.79. The van der Waals surface area contributed by atoms with E-state index < -0.39 is 35.8 Å². The summed E-state index contributed by atoms with van der Waals surface area (Å²) in [6, 6.07) is 10.3. The topological polar surface area (TPSA) is 115 Å². The molecule has 1 unspecified atom stereocenters. The van der Waals surface area contributed by atoms with Gasteiger partial charge in [-0.25, -0.2) is 4.79 Å². The van der Waals surface area contributed by atoms with Gasteiger partial charge in [0.2, 0.25) is 0 Å². The molecule has 2 N–H and O–H groups in total. The number of rotatable bonds is 7. The van der Waals surface area contributed by atoms with E-state index in [-0.39, 0.29) is 0 Å². The lowest BCUT2D eigenvalue weighted by atomic mass is 9.91. The molecule has 1 amide bonds. The van der Waals surface area contributed by atoms with Crippen molar-refractivity contribution in [2.24, 2.45) is 0 Å². The first-order valence-corrected chi connectivity index (χ1v) is 11.6. The zero-order chi connectivity index (χ0) is 25.3. The van der Waals surface area contributed by atoms with Crippen LogP contribution in [0.4, 0.5) is 0 Å².